The number of hydrazine groups is 1. The van der Waals surface area contributed by atoms with Crippen molar-refractivity contribution < 1.29 is 4.39 Å². The first-order valence-electron chi connectivity index (χ1n) is 6.80. The summed E-state index contributed by atoms with van der Waals surface area (Å²) in [5.41, 5.74) is 6.42. The molecule has 3 rings (SSSR count). The first-order chi connectivity index (χ1) is 10.1. The third-order valence-corrected chi connectivity index (χ3v) is 4.71. The minimum atomic E-state index is -0.212. The zero-order valence-electron chi connectivity index (χ0n) is 12.0. The number of hydrogen-bond donors (Lipinski definition) is 2. The topological polar surface area (TPSA) is 38.0 Å². The molecular formula is C17H17FN2S. The van der Waals surface area contributed by atoms with Crippen LogP contribution >= 0.6 is 11.3 Å². The lowest BCUT2D eigenvalue weighted by molar-refractivity contribution is 0.629. The predicted octanol–water partition coefficient (Wildman–Crippen LogP) is 4.21. The van der Waals surface area contributed by atoms with E-state index in [9.17, 15) is 4.39 Å². The summed E-state index contributed by atoms with van der Waals surface area (Å²) in [6.07, 6.45) is 0. The molecule has 1 aromatic heterocycles. The van der Waals surface area contributed by atoms with Crippen LogP contribution in [-0.2, 0) is 0 Å². The molecular weight excluding hydrogens is 283 g/mol. The molecule has 1 atom stereocenters. The van der Waals surface area contributed by atoms with E-state index in [0.717, 1.165) is 20.5 Å². The highest BCUT2D eigenvalue weighted by atomic mass is 32.1. The van der Waals surface area contributed by atoms with Gasteiger partial charge < -0.3 is 0 Å². The van der Waals surface area contributed by atoms with Gasteiger partial charge in [0.1, 0.15) is 5.82 Å². The van der Waals surface area contributed by atoms with Crippen LogP contribution in [0.3, 0.4) is 0 Å². The van der Waals surface area contributed by atoms with Gasteiger partial charge in [0.05, 0.1) is 6.04 Å². The van der Waals surface area contributed by atoms with Crippen molar-refractivity contribution in [3.8, 4) is 0 Å². The van der Waals surface area contributed by atoms with Crippen molar-refractivity contribution in [3.05, 3.63) is 69.8 Å². The van der Waals surface area contributed by atoms with Gasteiger partial charge in [-0.2, -0.15) is 0 Å². The van der Waals surface area contributed by atoms with Crippen molar-refractivity contribution in [1.29, 1.82) is 0 Å². The number of thiophene rings is 1. The summed E-state index contributed by atoms with van der Waals surface area (Å²) in [5, 5.41) is 0.916. The maximum absolute atomic E-state index is 13.3. The largest absolute Gasteiger partial charge is 0.271 e. The van der Waals surface area contributed by atoms with E-state index in [1.54, 1.807) is 17.4 Å². The standard InChI is InChI=1S/C17H17FN2S/c1-10-5-11(2)7-13(6-10)17(20-19)16-9-12-8-14(18)3-4-15(12)21-16/h3-9,17,20H,19H2,1-2H3. The van der Waals surface area contributed by atoms with Gasteiger partial charge in [0, 0.05) is 9.58 Å². The molecule has 0 spiro atoms. The van der Waals surface area contributed by atoms with E-state index in [1.807, 2.05) is 12.1 Å². The van der Waals surface area contributed by atoms with Crippen LogP contribution in [0.25, 0.3) is 10.1 Å². The van der Waals surface area contributed by atoms with Crippen LogP contribution in [0.2, 0.25) is 0 Å². The van der Waals surface area contributed by atoms with E-state index >= 15 is 0 Å². The summed E-state index contributed by atoms with van der Waals surface area (Å²) in [6.45, 7) is 4.15. The molecule has 3 aromatic rings. The van der Waals surface area contributed by atoms with Gasteiger partial charge in [0.2, 0.25) is 0 Å². The van der Waals surface area contributed by atoms with Crippen LogP contribution in [-0.4, -0.2) is 0 Å². The molecule has 0 aliphatic rings. The molecule has 2 nitrogen and oxygen atoms in total. The Bertz CT molecular complexity index is 774. The predicted molar refractivity (Wildman–Crippen MR) is 86.9 cm³/mol. The van der Waals surface area contributed by atoms with Crippen molar-refractivity contribution in [2.75, 3.05) is 0 Å². The summed E-state index contributed by atoms with van der Waals surface area (Å²) >= 11 is 1.64. The van der Waals surface area contributed by atoms with Crippen LogP contribution < -0.4 is 11.3 Å². The molecule has 4 heteroatoms. The maximum atomic E-state index is 13.3. The van der Waals surface area contributed by atoms with Crippen molar-refractivity contribution in [1.82, 2.24) is 5.43 Å². The van der Waals surface area contributed by atoms with E-state index < -0.39 is 0 Å². The molecule has 0 saturated carbocycles. The van der Waals surface area contributed by atoms with Crippen LogP contribution in [0.5, 0.6) is 0 Å². The molecule has 108 valence electrons. The van der Waals surface area contributed by atoms with E-state index in [1.165, 1.54) is 17.2 Å². The number of nitrogens with two attached hydrogens (primary N) is 1. The molecule has 1 heterocycles. The Labute approximate surface area is 127 Å². The molecule has 0 aliphatic carbocycles. The van der Waals surface area contributed by atoms with Crippen LogP contribution in [0.4, 0.5) is 4.39 Å². The molecule has 1 unspecified atom stereocenters. The fourth-order valence-electron chi connectivity index (χ4n) is 2.70. The molecule has 3 N–H and O–H groups in total. The first kappa shape index (κ1) is 14.2. The Morgan fingerprint density at radius 3 is 2.43 bits per heavy atom. The Hall–Kier alpha value is -1.75. The molecule has 0 bridgehead atoms. The van der Waals surface area contributed by atoms with E-state index in [0.29, 0.717) is 0 Å². The van der Waals surface area contributed by atoms with Crippen LogP contribution in [0.1, 0.15) is 27.6 Å². The quantitative estimate of drug-likeness (QED) is 0.561. The van der Waals surface area contributed by atoms with Gasteiger partial charge in [-0.3, -0.25) is 5.84 Å². The zero-order valence-corrected chi connectivity index (χ0v) is 12.8. The highest BCUT2D eigenvalue weighted by Crippen LogP contribution is 2.33. The van der Waals surface area contributed by atoms with Crippen molar-refractivity contribution >= 4 is 21.4 Å². The number of nitrogens with one attached hydrogen (secondary N) is 1. The van der Waals surface area contributed by atoms with Crippen molar-refractivity contribution in [2.24, 2.45) is 5.84 Å². The third kappa shape index (κ3) is 2.83. The lowest BCUT2D eigenvalue weighted by Gasteiger charge is -2.16. The summed E-state index contributed by atoms with van der Waals surface area (Å²) in [6, 6.07) is 13.2. The fraction of sp³-hybridized carbons (Fsp3) is 0.176. The smallest absolute Gasteiger partial charge is 0.123 e. The minimum absolute atomic E-state index is 0.0796. The molecule has 0 radical (unpaired) electrons. The lowest BCUT2D eigenvalue weighted by Crippen LogP contribution is -2.28. The van der Waals surface area contributed by atoms with E-state index in [2.05, 4.69) is 37.5 Å². The number of hydrogen-bond acceptors (Lipinski definition) is 3. The van der Waals surface area contributed by atoms with Crippen LogP contribution in [0.15, 0.2) is 42.5 Å². The van der Waals surface area contributed by atoms with Crippen molar-refractivity contribution in [3.63, 3.8) is 0 Å². The maximum Gasteiger partial charge on any atom is 0.123 e. The Morgan fingerprint density at radius 2 is 1.76 bits per heavy atom. The summed E-state index contributed by atoms with van der Waals surface area (Å²) in [7, 11) is 0. The Balaban J connectivity index is 2.08. The van der Waals surface area contributed by atoms with Gasteiger partial charge in [0.25, 0.3) is 0 Å². The second-order valence-electron chi connectivity index (χ2n) is 5.35. The first-order valence-corrected chi connectivity index (χ1v) is 7.62. The second kappa shape index (κ2) is 5.56. The number of rotatable bonds is 3. The van der Waals surface area contributed by atoms with Gasteiger partial charge in [-0.25, -0.2) is 9.82 Å². The van der Waals surface area contributed by atoms with Gasteiger partial charge in [-0.15, -0.1) is 11.3 Å². The van der Waals surface area contributed by atoms with Crippen LogP contribution in [0, 0.1) is 19.7 Å². The third-order valence-electron chi connectivity index (χ3n) is 3.53. The molecule has 0 amide bonds. The fourth-order valence-corrected chi connectivity index (χ4v) is 3.83. The Kier molecular flexibility index (Phi) is 3.76. The van der Waals surface area contributed by atoms with E-state index in [4.69, 9.17) is 5.84 Å². The van der Waals surface area contributed by atoms with Crippen molar-refractivity contribution in [2.45, 2.75) is 19.9 Å². The summed E-state index contributed by atoms with van der Waals surface area (Å²) < 4.78 is 14.4. The lowest BCUT2D eigenvalue weighted by atomic mass is 10.0. The minimum Gasteiger partial charge on any atom is -0.271 e. The number of aryl methyl sites for hydroxylation is 2. The number of halogens is 1. The second-order valence-corrected chi connectivity index (χ2v) is 6.47. The highest BCUT2D eigenvalue weighted by Gasteiger charge is 2.16. The summed E-state index contributed by atoms with van der Waals surface area (Å²) in [5.74, 6) is 5.56. The normalized spacial score (nSPS) is 12.8. The van der Waals surface area contributed by atoms with Gasteiger partial charge >= 0.3 is 0 Å². The average Bonchev–Trinajstić information content (AvgIpc) is 2.81. The monoisotopic (exact) mass is 300 g/mol. The van der Waals surface area contributed by atoms with E-state index in [-0.39, 0.29) is 11.9 Å². The number of benzene rings is 2. The van der Waals surface area contributed by atoms with Gasteiger partial charge in [-0.05, 0) is 49.1 Å². The molecule has 2 aromatic carbocycles. The Morgan fingerprint density at radius 1 is 1.05 bits per heavy atom. The zero-order chi connectivity index (χ0) is 15.0. The molecule has 0 aliphatic heterocycles. The molecule has 21 heavy (non-hydrogen) atoms. The number of fused-ring (bicyclic) bond motifs is 1. The van der Waals surface area contributed by atoms with Gasteiger partial charge in [0.15, 0.2) is 0 Å². The highest BCUT2D eigenvalue weighted by molar-refractivity contribution is 7.19. The molecule has 0 saturated heterocycles. The summed E-state index contributed by atoms with van der Waals surface area (Å²) in [4.78, 5) is 1.09. The average molecular weight is 300 g/mol. The molecule has 0 fully saturated rings. The SMILES string of the molecule is Cc1cc(C)cc(C(NN)c2cc3cc(F)ccc3s2)c1. The van der Waals surface area contributed by atoms with Gasteiger partial charge in [-0.1, -0.05) is 29.3 Å².